The molecule has 0 bridgehead atoms. The molecule has 0 radical (unpaired) electrons. The zero-order valence-electron chi connectivity index (χ0n) is 27.7. The minimum Gasteiger partial charge on any atom is -0.492 e. The number of hydrogen-bond acceptors (Lipinski definition) is 8. The van der Waals surface area contributed by atoms with Crippen LogP contribution in [-0.4, -0.2) is 57.7 Å². The van der Waals surface area contributed by atoms with Crippen LogP contribution in [0.1, 0.15) is 36.8 Å². The number of urea groups is 1. The number of sulfonamides is 1. The fourth-order valence-corrected chi connectivity index (χ4v) is 6.29. The Morgan fingerprint density at radius 1 is 0.875 bits per heavy atom. The third-order valence-corrected chi connectivity index (χ3v) is 8.76. The first-order chi connectivity index (χ1) is 22.6. The first-order valence-electron chi connectivity index (χ1n) is 14.9. The molecule has 0 saturated carbocycles. The normalized spacial score (nSPS) is 11.6. The van der Waals surface area contributed by atoms with Gasteiger partial charge in [-0.15, -0.1) is 11.3 Å². The van der Waals surface area contributed by atoms with Crippen molar-refractivity contribution in [2.24, 2.45) is 0 Å². The largest absolute Gasteiger partial charge is 0.492 e. The second-order valence-electron chi connectivity index (χ2n) is 12.3. The summed E-state index contributed by atoms with van der Waals surface area (Å²) in [4.78, 5) is 31.7. The quantitative estimate of drug-likeness (QED) is 0.144. The van der Waals surface area contributed by atoms with E-state index in [9.17, 15) is 18.0 Å². The van der Waals surface area contributed by atoms with Crippen LogP contribution < -0.4 is 24.8 Å². The number of hydrogen-bond donors (Lipinski definition) is 3. The summed E-state index contributed by atoms with van der Waals surface area (Å²) in [6.45, 7) is 5.95. The van der Waals surface area contributed by atoms with Gasteiger partial charge < -0.3 is 25.0 Å². The van der Waals surface area contributed by atoms with Crippen LogP contribution in [0.5, 0.6) is 17.2 Å². The van der Waals surface area contributed by atoms with E-state index < -0.39 is 16.1 Å². The third kappa shape index (κ3) is 7.86. The van der Waals surface area contributed by atoms with Crippen LogP contribution in [0.3, 0.4) is 0 Å². The summed E-state index contributed by atoms with van der Waals surface area (Å²) in [5.74, 6) is 1.17. The van der Waals surface area contributed by atoms with Gasteiger partial charge in [0.25, 0.3) is 5.91 Å². The number of benzene rings is 4. The fourth-order valence-electron chi connectivity index (χ4n) is 4.95. The molecule has 250 valence electrons. The van der Waals surface area contributed by atoms with E-state index in [2.05, 4.69) is 20.3 Å². The Balaban J connectivity index is 1.41. The number of aromatic nitrogens is 1. The Morgan fingerprint density at radius 2 is 1.56 bits per heavy atom. The van der Waals surface area contributed by atoms with Crippen LogP contribution in [0.2, 0.25) is 0 Å². The number of thiazole rings is 1. The van der Waals surface area contributed by atoms with Gasteiger partial charge in [-0.3, -0.25) is 9.52 Å². The number of carbonyl (C=O) groups excluding carboxylic acids is 2. The molecule has 0 unspecified atom stereocenters. The van der Waals surface area contributed by atoms with Crippen LogP contribution in [0.25, 0.3) is 21.3 Å². The van der Waals surface area contributed by atoms with Gasteiger partial charge in [0.15, 0.2) is 5.75 Å². The molecule has 0 fully saturated rings. The Labute approximate surface area is 284 Å². The number of carbonyl (C=O) groups is 2. The molecular formula is C35H37N5O6S2. The van der Waals surface area contributed by atoms with Gasteiger partial charge in [0.2, 0.25) is 10.0 Å². The van der Waals surface area contributed by atoms with Gasteiger partial charge in [-0.2, -0.15) is 0 Å². The van der Waals surface area contributed by atoms with Crippen molar-refractivity contribution < 1.29 is 27.5 Å². The summed E-state index contributed by atoms with van der Waals surface area (Å²) in [6.07, 6.45) is 1.05. The molecule has 13 heteroatoms. The van der Waals surface area contributed by atoms with Crippen molar-refractivity contribution >= 4 is 61.1 Å². The first-order valence-corrected chi connectivity index (χ1v) is 17.7. The van der Waals surface area contributed by atoms with Crippen LogP contribution >= 0.6 is 11.3 Å². The highest BCUT2D eigenvalue weighted by Crippen LogP contribution is 2.40. The highest BCUT2D eigenvalue weighted by Gasteiger charge is 2.23. The molecule has 3 N–H and O–H groups in total. The molecule has 0 saturated heterocycles. The van der Waals surface area contributed by atoms with E-state index in [-0.39, 0.29) is 22.8 Å². The Morgan fingerprint density at radius 3 is 2.23 bits per heavy atom. The zero-order chi connectivity index (χ0) is 34.8. The van der Waals surface area contributed by atoms with Crippen molar-refractivity contribution in [3.63, 3.8) is 0 Å². The number of methoxy groups -OCH3 is 1. The summed E-state index contributed by atoms with van der Waals surface area (Å²) >= 11 is 1.38. The van der Waals surface area contributed by atoms with Gasteiger partial charge in [0, 0.05) is 35.8 Å². The number of ether oxygens (including phenoxy) is 2. The van der Waals surface area contributed by atoms with Crippen molar-refractivity contribution in [1.29, 1.82) is 0 Å². The number of amides is 3. The van der Waals surface area contributed by atoms with Crippen molar-refractivity contribution in [2.75, 3.05) is 42.8 Å². The smallest absolute Gasteiger partial charge is 0.323 e. The van der Waals surface area contributed by atoms with E-state index >= 15 is 0 Å². The number of nitrogens with zero attached hydrogens (tertiary/aromatic N) is 2. The Bertz CT molecular complexity index is 2120. The van der Waals surface area contributed by atoms with Crippen LogP contribution in [0, 0.1) is 0 Å². The summed E-state index contributed by atoms with van der Waals surface area (Å²) in [6, 6.07) is 21.4. The summed E-state index contributed by atoms with van der Waals surface area (Å²) in [5.41, 5.74) is 2.69. The fraction of sp³-hybridized carbons (Fsp3) is 0.229. The molecule has 3 amide bonds. The zero-order valence-corrected chi connectivity index (χ0v) is 29.3. The van der Waals surface area contributed by atoms with Gasteiger partial charge in [-0.05, 0) is 47.4 Å². The molecule has 4 aromatic carbocycles. The maximum absolute atomic E-state index is 13.4. The van der Waals surface area contributed by atoms with Gasteiger partial charge in [-0.1, -0.05) is 57.2 Å². The van der Waals surface area contributed by atoms with Crippen LogP contribution in [-0.2, 0) is 15.4 Å². The van der Waals surface area contributed by atoms with E-state index in [1.807, 2.05) is 69.3 Å². The summed E-state index contributed by atoms with van der Waals surface area (Å²) in [7, 11) is 1.16. The Kier molecular flexibility index (Phi) is 9.64. The molecule has 11 nitrogen and oxygen atoms in total. The number of fused-ring (bicyclic) bond motifs is 1. The lowest BCUT2D eigenvalue weighted by atomic mass is 9.86. The molecule has 1 heterocycles. The van der Waals surface area contributed by atoms with E-state index in [0.717, 1.165) is 28.2 Å². The van der Waals surface area contributed by atoms with Crippen molar-refractivity contribution in [2.45, 2.75) is 26.2 Å². The lowest BCUT2D eigenvalue weighted by Gasteiger charge is -2.24. The molecule has 0 spiro atoms. The second kappa shape index (κ2) is 13.5. The molecule has 1 aromatic heterocycles. The molecule has 0 atom stereocenters. The molecule has 48 heavy (non-hydrogen) atoms. The maximum atomic E-state index is 13.4. The highest BCUT2D eigenvalue weighted by molar-refractivity contribution is 7.92. The monoisotopic (exact) mass is 687 g/mol. The standard InChI is InChI=1S/C35H37N5O6S2/c1-35(2,3)22-18-27(31(45-6)28(19-22)39-48(7,43)44)38-34(42)37-26-15-16-30(25-14-9-8-13-24(25)26)46-23-12-10-11-21(17-23)32-36-29(20-47-32)33(41)40(4)5/h8-20,39H,1-7H3,(H2,37,38,42). The second-order valence-corrected chi connectivity index (χ2v) is 14.9. The predicted octanol–water partition coefficient (Wildman–Crippen LogP) is 7.78. The number of nitrogens with one attached hydrogen (secondary N) is 3. The van der Waals surface area contributed by atoms with Gasteiger partial charge in [0.1, 0.15) is 22.2 Å². The molecule has 5 rings (SSSR count). The van der Waals surface area contributed by atoms with Crippen LogP contribution in [0.15, 0.2) is 78.2 Å². The third-order valence-electron chi connectivity index (χ3n) is 7.27. The summed E-state index contributed by atoms with van der Waals surface area (Å²) < 4.78 is 38.6. The predicted molar refractivity (Wildman–Crippen MR) is 192 cm³/mol. The molecule has 0 aliphatic heterocycles. The van der Waals surface area contributed by atoms with E-state index in [4.69, 9.17) is 9.47 Å². The minimum absolute atomic E-state index is 0.162. The Hall–Kier alpha value is -5.14. The van der Waals surface area contributed by atoms with Gasteiger partial charge in [-0.25, -0.2) is 18.2 Å². The molecule has 0 aliphatic carbocycles. The molecule has 0 aliphatic rings. The molecular weight excluding hydrogens is 651 g/mol. The first kappa shape index (κ1) is 34.2. The number of rotatable bonds is 9. The average molecular weight is 688 g/mol. The van der Waals surface area contributed by atoms with Crippen molar-refractivity contribution in [3.8, 4) is 27.8 Å². The highest BCUT2D eigenvalue weighted by atomic mass is 32.2. The summed E-state index contributed by atoms with van der Waals surface area (Å²) in [5, 5.41) is 9.69. The van der Waals surface area contributed by atoms with Gasteiger partial charge in [0.05, 0.1) is 30.4 Å². The van der Waals surface area contributed by atoms with E-state index in [0.29, 0.717) is 33.6 Å². The number of anilines is 3. The lowest BCUT2D eigenvalue weighted by Crippen LogP contribution is -2.22. The van der Waals surface area contributed by atoms with Crippen LogP contribution in [0.4, 0.5) is 21.9 Å². The topological polar surface area (TPSA) is 139 Å². The maximum Gasteiger partial charge on any atom is 0.323 e. The molecule has 5 aromatic rings. The SMILES string of the molecule is COc1c(NC(=O)Nc2ccc(Oc3cccc(-c4nc(C(=O)N(C)C)cs4)c3)c3ccccc23)cc(C(C)(C)C)cc1NS(C)(=O)=O. The minimum atomic E-state index is -3.63. The van der Waals surface area contributed by atoms with E-state index in [1.54, 1.807) is 43.7 Å². The van der Waals surface area contributed by atoms with Gasteiger partial charge >= 0.3 is 6.03 Å². The van der Waals surface area contributed by atoms with E-state index in [1.165, 1.54) is 23.3 Å². The van der Waals surface area contributed by atoms with Crippen molar-refractivity contribution in [3.05, 3.63) is 89.4 Å². The average Bonchev–Trinajstić information content (AvgIpc) is 3.51. The lowest BCUT2D eigenvalue weighted by molar-refractivity contribution is 0.0823. The van der Waals surface area contributed by atoms with Crippen molar-refractivity contribution in [1.82, 2.24) is 9.88 Å².